The van der Waals surface area contributed by atoms with Gasteiger partial charge in [-0.25, -0.2) is 17.9 Å². The molecule has 4 heterocycles. The lowest BCUT2D eigenvalue weighted by molar-refractivity contribution is -0.212. The van der Waals surface area contributed by atoms with E-state index in [0.717, 1.165) is 30.7 Å². The van der Waals surface area contributed by atoms with Gasteiger partial charge in [0.15, 0.2) is 17.5 Å². The van der Waals surface area contributed by atoms with Gasteiger partial charge < -0.3 is 28.9 Å². The average molecular weight is 524 g/mol. The fraction of sp³-hybridized carbons (Fsp3) is 0.542. The van der Waals surface area contributed by atoms with E-state index in [4.69, 9.17) is 18.7 Å². The molecular formula is C24H27F3N4O6. The van der Waals surface area contributed by atoms with E-state index >= 15 is 0 Å². The summed E-state index contributed by atoms with van der Waals surface area (Å²) >= 11 is 0. The number of aliphatic hydroxyl groups is 2. The molecule has 2 aromatic heterocycles. The van der Waals surface area contributed by atoms with Crippen LogP contribution in [-0.4, -0.2) is 81.7 Å². The predicted octanol–water partition coefficient (Wildman–Crippen LogP) is 2.16. The first-order valence-corrected chi connectivity index (χ1v) is 12.0. The van der Waals surface area contributed by atoms with Crippen LogP contribution in [0.25, 0.3) is 11.3 Å². The first-order chi connectivity index (χ1) is 17.9. The van der Waals surface area contributed by atoms with Gasteiger partial charge in [-0.3, -0.25) is 0 Å². The highest BCUT2D eigenvalue weighted by molar-refractivity contribution is 5.57. The van der Waals surface area contributed by atoms with Crippen molar-refractivity contribution in [1.29, 1.82) is 0 Å². The summed E-state index contributed by atoms with van der Waals surface area (Å²) in [5.74, 6) is -3.33. The second-order valence-electron chi connectivity index (χ2n) is 9.23. The molecule has 2 fully saturated rings. The number of benzene rings is 1. The molecule has 0 saturated carbocycles. The van der Waals surface area contributed by atoms with Crippen molar-refractivity contribution in [1.82, 2.24) is 20.2 Å². The van der Waals surface area contributed by atoms with Gasteiger partial charge >= 0.3 is 0 Å². The lowest BCUT2D eigenvalue weighted by Gasteiger charge is -2.43. The van der Waals surface area contributed by atoms with Gasteiger partial charge in [0.1, 0.15) is 35.8 Å². The zero-order valence-electron chi connectivity index (χ0n) is 20.0. The molecule has 0 unspecified atom stereocenters. The topological polar surface area (TPSA) is 125 Å². The van der Waals surface area contributed by atoms with Crippen LogP contribution in [0.5, 0.6) is 0 Å². The fourth-order valence-electron chi connectivity index (χ4n) is 4.99. The fourth-order valence-corrected chi connectivity index (χ4v) is 4.99. The minimum Gasteiger partial charge on any atom is -0.394 e. The van der Waals surface area contributed by atoms with Crippen LogP contribution in [0.1, 0.15) is 36.3 Å². The van der Waals surface area contributed by atoms with Gasteiger partial charge in [0.2, 0.25) is 0 Å². The summed E-state index contributed by atoms with van der Waals surface area (Å²) in [7, 11) is 1.44. The maximum Gasteiger partial charge on any atom is 0.194 e. The Morgan fingerprint density at radius 1 is 1.11 bits per heavy atom. The minimum atomic E-state index is -1.59. The number of aromatic nitrogens is 4. The Bertz CT molecular complexity index is 1190. The molecule has 13 heteroatoms. The highest BCUT2D eigenvalue weighted by Gasteiger charge is 2.47. The van der Waals surface area contributed by atoms with E-state index in [1.807, 2.05) is 6.07 Å². The molecule has 0 bridgehead atoms. The third-order valence-electron chi connectivity index (χ3n) is 6.94. The maximum absolute atomic E-state index is 13.7. The Balaban J connectivity index is 1.40. The van der Waals surface area contributed by atoms with Crippen LogP contribution in [-0.2, 0) is 20.6 Å². The Labute approximate surface area is 209 Å². The molecule has 3 aromatic rings. The molecule has 0 amide bonds. The highest BCUT2D eigenvalue weighted by Crippen LogP contribution is 2.35. The smallest absolute Gasteiger partial charge is 0.194 e. The van der Waals surface area contributed by atoms with Gasteiger partial charge in [-0.05, 0) is 25.0 Å². The molecule has 5 rings (SSSR count). The number of halogens is 3. The number of nitrogens with zero attached hydrogens (tertiary/aromatic N) is 4. The van der Waals surface area contributed by atoms with Crippen molar-refractivity contribution in [3.8, 4) is 11.3 Å². The van der Waals surface area contributed by atoms with Crippen LogP contribution < -0.4 is 0 Å². The quantitative estimate of drug-likeness (QED) is 0.448. The largest absolute Gasteiger partial charge is 0.394 e. The Morgan fingerprint density at radius 2 is 1.84 bits per heavy atom. The third-order valence-corrected chi connectivity index (χ3v) is 6.94. The van der Waals surface area contributed by atoms with Crippen LogP contribution in [0, 0.1) is 17.5 Å². The number of aliphatic hydroxyl groups excluding tert-OH is 2. The van der Waals surface area contributed by atoms with Gasteiger partial charge in [0.25, 0.3) is 0 Å². The number of hydrogen-bond acceptors (Lipinski definition) is 9. The molecule has 2 N–H and O–H groups in total. The first kappa shape index (κ1) is 25.8. The van der Waals surface area contributed by atoms with Crippen LogP contribution >= 0.6 is 0 Å². The monoisotopic (exact) mass is 524 g/mol. The SMILES string of the molecule is CO[C@@H]1[C@@H](n2cc(-c3cc(F)c(F)c(F)c3)nn2)[C@@H](O)[C@@H](CO)O[C@@H]1Cc1cc(C2CCOCC2)on1. The Morgan fingerprint density at radius 3 is 2.51 bits per heavy atom. The highest BCUT2D eigenvalue weighted by atomic mass is 19.2. The van der Waals surface area contributed by atoms with Crippen LogP contribution in [0.2, 0.25) is 0 Å². The van der Waals surface area contributed by atoms with Gasteiger partial charge in [-0.1, -0.05) is 10.4 Å². The van der Waals surface area contributed by atoms with Crippen molar-refractivity contribution in [3.05, 3.63) is 53.3 Å². The van der Waals surface area contributed by atoms with Crippen LogP contribution in [0.4, 0.5) is 13.2 Å². The molecule has 200 valence electrons. The van der Waals surface area contributed by atoms with Gasteiger partial charge in [-0.15, -0.1) is 5.10 Å². The summed E-state index contributed by atoms with van der Waals surface area (Å²) in [6.07, 6.45) is -0.342. The van der Waals surface area contributed by atoms with Crippen LogP contribution in [0.15, 0.2) is 28.9 Å². The van der Waals surface area contributed by atoms with Gasteiger partial charge in [0.05, 0.1) is 24.6 Å². The number of ether oxygens (including phenoxy) is 3. The lowest BCUT2D eigenvalue weighted by atomic mass is 9.90. The molecule has 0 aliphatic carbocycles. The van der Waals surface area contributed by atoms with E-state index in [1.165, 1.54) is 18.0 Å². The second-order valence-corrected chi connectivity index (χ2v) is 9.23. The molecule has 2 aliphatic rings. The number of rotatable bonds is 7. The first-order valence-electron chi connectivity index (χ1n) is 12.0. The van der Waals surface area contributed by atoms with E-state index in [9.17, 15) is 23.4 Å². The van der Waals surface area contributed by atoms with Gasteiger partial charge in [-0.2, -0.15) is 0 Å². The molecular weight excluding hydrogens is 497 g/mol. The van der Waals surface area contributed by atoms with E-state index in [0.29, 0.717) is 18.9 Å². The van der Waals surface area contributed by atoms with E-state index in [2.05, 4.69) is 15.5 Å². The van der Waals surface area contributed by atoms with E-state index in [-0.39, 0.29) is 23.6 Å². The zero-order valence-corrected chi connectivity index (χ0v) is 20.0. The molecule has 37 heavy (non-hydrogen) atoms. The standard InChI is InChI=1S/C24H27F3N4O6/c1-34-24-19(9-14-8-18(37-29-14)12-2-4-35-5-3-12)36-20(11-32)23(33)22(24)31-10-17(28-30-31)13-6-15(25)21(27)16(26)7-13/h6-8,10,12,19-20,22-24,32-33H,2-5,9,11H2,1H3/t19-,20-,22+,23+,24+/m1/s1. The summed E-state index contributed by atoms with van der Waals surface area (Å²) in [5.41, 5.74) is 0.648. The summed E-state index contributed by atoms with van der Waals surface area (Å²) in [6, 6.07) is 2.60. The van der Waals surface area contributed by atoms with Crippen LogP contribution in [0.3, 0.4) is 0 Å². The van der Waals surface area contributed by atoms with Crippen molar-refractivity contribution < 1.29 is 42.1 Å². The molecule has 10 nitrogen and oxygen atoms in total. The van der Waals surface area contributed by atoms with Crippen molar-refractivity contribution in [2.24, 2.45) is 0 Å². The summed E-state index contributed by atoms with van der Waals surface area (Å²) in [5, 5.41) is 33.0. The molecule has 1 aromatic carbocycles. The molecule has 5 atom stereocenters. The summed E-state index contributed by atoms with van der Waals surface area (Å²) in [4.78, 5) is 0. The van der Waals surface area contributed by atoms with Gasteiger partial charge in [0, 0.05) is 44.3 Å². The number of methoxy groups -OCH3 is 1. The zero-order chi connectivity index (χ0) is 26.1. The maximum atomic E-state index is 13.7. The molecule has 2 aliphatic heterocycles. The second kappa shape index (κ2) is 10.9. The van der Waals surface area contributed by atoms with Crippen molar-refractivity contribution >= 4 is 0 Å². The van der Waals surface area contributed by atoms with Crippen molar-refractivity contribution in [2.75, 3.05) is 26.9 Å². The molecule has 0 radical (unpaired) electrons. The molecule has 0 spiro atoms. The Hall–Kier alpha value is -2.84. The lowest BCUT2D eigenvalue weighted by Crippen LogP contribution is -2.57. The minimum absolute atomic E-state index is 0.0309. The summed E-state index contributed by atoms with van der Waals surface area (Å²) in [6.45, 7) is 0.840. The average Bonchev–Trinajstić information content (AvgIpc) is 3.58. The van der Waals surface area contributed by atoms with Crippen molar-refractivity contribution in [3.63, 3.8) is 0 Å². The van der Waals surface area contributed by atoms with Crippen molar-refractivity contribution in [2.45, 2.75) is 55.6 Å². The third kappa shape index (κ3) is 5.14. The van der Waals surface area contributed by atoms with E-state index < -0.39 is 54.5 Å². The Kier molecular flexibility index (Phi) is 7.58. The molecule has 2 saturated heterocycles. The normalized spacial score (nSPS) is 27.0. The number of hydrogen-bond donors (Lipinski definition) is 2. The summed E-state index contributed by atoms with van der Waals surface area (Å²) < 4.78 is 64.8. The predicted molar refractivity (Wildman–Crippen MR) is 120 cm³/mol. The van der Waals surface area contributed by atoms with E-state index in [1.54, 1.807) is 0 Å².